The van der Waals surface area contributed by atoms with Crippen LogP contribution in [0.5, 0.6) is 0 Å². The summed E-state index contributed by atoms with van der Waals surface area (Å²) in [6.07, 6.45) is 2.66. The molecule has 0 amide bonds. The molecule has 1 aromatic carbocycles. The summed E-state index contributed by atoms with van der Waals surface area (Å²) in [6, 6.07) is 9.33. The Morgan fingerprint density at radius 3 is 2.83 bits per heavy atom. The lowest BCUT2D eigenvalue weighted by Gasteiger charge is -2.06. The van der Waals surface area contributed by atoms with Crippen molar-refractivity contribution < 1.29 is 13.2 Å². The van der Waals surface area contributed by atoms with Gasteiger partial charge in [0.2, 0.25) is 10.0 Å². The number of Topliss-reactive ketones (excluding diaryl/α,β-unsaturated/α-hetero) is 1. The van der Waals surface area contributed by atoms with Crippen LogP contribution >= 0.6 is 34.7 Å². The van der Waals surface area contributed by atoms with Gasteiger partial charge in [0.15, 0.2) is 10.9 Å². The van der Waals surface area contributed by atoms with E-state index in [1.807, 2.05) is 24.3 Å². The molecule has 0 aliphatic rings. The van der Waals surface area contributed by atoms with Crippen LogP contribution in [-0.4, -0.2) is 42.3 Å². The van der Waals surface area contributed by atoms with Gasteiger partial charge in [0, 0.05) is 23.0 Å². The fourth-order valence-electron chi connectivity index (χ4n) is 2.85. The van der Waals surface area contributed by atoms with Crippen molar-refractivity contribution in [3.05, 3.63) is 45.1 Å². The zero-order valence-corrected chi connectivity index (χ0v) is 19.3. The van der Waals surface area contributed by atoms with E-state index in [4.69, 9.17) is 11.6 Å². The number of thiophene rings is 1. The highest BCUT2D eigenvalue weighted by atomic mass is 35.5. The van der Waals surface area contributed by atoms with Gasteiger partial charge in [0.1, 0.15) is 0 Å². The highest BCUT2D eigenvalue weighted by Crippen LogP contribution is 2.28. The van der Waals surface area contributed by atoms with Crippen molar-refractivity contribution in [1.82, 2.24) is 14.3 Å². The second-order valence-electron chi connectivity index (χ2n) is 6.57. The minimum absolute atomic E-state index is 0.0375. The summed E-state index contributed by atoms with van der Waals surface area (Å²) in [7, 11) is -3.20. The molecule has 0 atom stereocenters. The Hall–Kier alpha value is -1.39. The lowest BCUT2D eigenvalue weighted by atomic mass is 10.3. The normalized spacial score (nSPS) is 12.0. The predicted molar refractivity (Wildman–Crippen MR) is 121 cm³/mol. The molecule has 0 aliphatic carbocycles. The van der Waals surface area contributed by atoms with Crippen molar-refractivity contribution in [3.63, 3.8) is 0 Å². The fraction of sp³-hybridized carbons (Fsp3) is 0.368. The number of sulfonamides is 1. The van der Waals surface area contributed by atoms with Crippen LogP contribution in [0.2, 0.25) is 5.02 Å². The first-order chi connectivity index (χ1) is 13.8. The molecule has 0 fully saturated rings. The van der Waals surface area contributed by atoms with Crippen LogP contribution in [0.15, 0.2) is 35.5 Å². The molecule has 0 bridgehead atoms. The molecule has 0 aliphatic heterocycles. The molecule has 0 saturated carbocycles. The lowest BCUT2D eigenvalue weighted by molar-refractivity contribution is 0.102. The third-order valence-corrected chi connectivity index (χ3v) is 7.25. The summed E-state index contributed by atoms with van der Waals surface area (Å²) in [6.45, 7) is 3.25. The van der Waals surface area contributed by atoms with Gasteiger partial charge in [-0.15, -0.1) is 11.3 Å². The van der Waals surface area contributed by atoms with E-state index in [-0.39, 0.29) is 5.78 Å². The van der Waals surface area contributed by atoms with Crippen molar-refractivity contribution in [2.24, 2.45) is 0 Å². The van der Waals surface area contributed by atoms with Crippen molar-refractivity contribution in [1.29, 1.82) is 0 Å². The number of ketones is 1. The maximum Gasteiger partial charge on any atom is 0.208 e. The predicted octanol–water partition coefficient (Wildman–Crippen LogP) is 4.23. The van der Waals surface area contributed by atoms with Crippen molar-refractivity contribution in [2.45, 2.75) is 31.5 Å². The molecular weight excluding hydrogens is 450 g/mol. The Bertz CT molecular complexity index is 1120. The van der Waals surface area contributed by atoms with Crippen molar-refractivity contribution in [2.75, 3.05) is 18.6 Å². The Kier molecular flexibility index (Phi) is 7.39. The minimum atomic E-state index is -3.20. The standard InChI is InChI=1S/C19H22ClN3O3S3/c1-3-10-23-16-6-4-13(20)11-15(16)22-19(23)27-12-17(24)18-7-5-14(28-18)8-9-21-29(2,25)26/h4-7,11,21H,3,8-10,12H2,1-2H3. The number of rotatable bonds is 10. The summed E-state index contributed by atoms with van der Waals surface area (Å²) in [4.78, 5) is 18.9. The molecule has 2 heterocycles. The van der Waals surface area contributed by atoms with E-state index in [0.29, 0.717) is 28.6 Å². The van der Waals surface area contributed by atoms with Crippen LogP contribution in [0.1, 0.15) is 27.9 Å². The van der Waals surface area contributed by atoms with Gasteiger partial charge in [-0.2, -0.15) is 0 Å². The first-order valence-electron chi connectivity index (χ1n) is 9.12. The first kappa shape index (κ1) is 22.3. The minimum Gasteiger partial charge on any atom is -0.319 e. The Morgan fingerprint density at radius 2 is 2.10 bits per heavy atom. The maximum atomic E-state index is 12.6. The molecule has 2 aromatic heterocycles. The van der Waals surface area contributed by atoms with Crippen LogP contribution in [0.3, 0.4) is 0 Å². The highest BCUT2D eigenvalue weighted by Gasteiger charge is 2.15. The van der Waals surface area contributed by atoms with E-state index in [9.17, 15) is 13.2 Å². The summed E-state index contributed by atoms with van der Waals surface area (Å²) < 4.78 is 26.8. The van der Waals surface area contributed by atoms with E-state index in [1.54, 1.807) is 6.07 Å². The van der Waals surface area contributed by atoms with Gasteiger partial charge in [-0.05, 0) is 43.2 Å². The van der Waals surface area contributed by atoms with Crippen LogP contribution < -0.4 is 4.72 Å². The first-order valence-corrected chi connectivity index (χ1v) is 13.2. The van der Waals surface area contributed by atoms with Gasteiger partial charge in [-0.25, -0.2) is 18.1 Å². The number of imidazole rings is 1. The molecule has 0 unspecified atom stereocenters. The highest BCUT2D eigenvalue weighted by molar-refractivity contribution is 7.99. The van der Waals surface area contributed by atoms with Crippen LogP contribution in [0, 0.1) is 0 Å². The van der Waals surface area contributed by atoms with Crippen molar-refractivity contribution >= 4 is 61.5 Å². The Balaban J connectivity index is 1.65. The number of halogens is 1. The topological polar surface area (TPSA) is 81.1 Å². The number of nitrogens with one attached hydrogen (secondary N) is 1. The van der Waals surface area contributed by atoms with Gasteiger partial charge in [0.05, 0.1) is 27.9 Å². The molecular formula is C19H22ClN3O3S3. The van der Waals surface area contributed by atoms with E-state index < -0.39 is 10.0 Å². The molecule has 0 spiro atoms. The molecule has 6 nitrogen and oxygen atoms in total. The fourth-order valence-corrected chi connectivity index (χ4v) is 5.45. The van der Waals surface area contributed by atoms with E-state index in [2.05, 4.69) is 21.2 Å². The van der Waals surface area contributed by atoms with Crippen LogP contribution in [-0.2, 0) is 23.0 Å². The molecule has 156 valence electrons. The second kappa shape index (κ2) is 9.61. The number of hydrogen-bond donors (Lipinski definition) is 1. The average molecular weight is 472 g/mol. The lowest BCUT2D eigenvalue weighted by Crippen LogP contribution is -2.23. The van der Waals surface area contributed by atoms with Crippen LogP contribution in [0.4, 0.5) is 0 Å². The quantitative estimate of drug-likeness (QED) is 0.353. The largest absolute Gasteiger partial charge is 0.319 e. The molecule has 29 heavy (non-hydrogen) atoms. The molecule has 1 N–H and O–H groups in total. The van der Waals surface area contributed by atoms with Crippen LogP contribution in [0.25, 0.3) is 11.0 Å². The van der Waals surface area contributed by atoms with Gasteiger partial charge >= 0.3 is 0 Å². The number of carbonyl (C=O) groups is 1. The molecule has 0 radical (unpaired) electrons. The van der Waals surface area contributed by atoms with E-state index in [0.717, 1.165) is 40.3 Å². The zero-order valence-electron chi connectivity index (χ0n) is 16.1. The van der Waals surface area contributed by atoms with Gasteiger partial charge in [-0.3, -0.25) is 4.79 Å². The SMILES string of the molecule is CCCn1c(SCC(=O)c2ccc(CCNS(C)(=O)=O)s2)nc2cc(Cl)ccc21. The maximum absolute atomic E-state index is 12.6. The average Bonchev–Trinajstić information content (AvgIpc) is 3.24. The summed E-state index contributed by atoms with van der Waals surface area (Å²) in [5.74, 6) is 0.331. The van der Waals surface area contributed by atoms with Gasteiger partial charge in [0.25, 0.3) is 0 Å². The monoisotopic (exact) mass is 471 g/mol. The van der Waals surface area contributed by atoms with Gasteiger partial charge < -0.3 is 4.57 Å². The number of aromatic nitrogens is 2. The summed E-state index contributed by atoms with van der Waals surface area (Å²) >= 11 is 8.91. The number of fused-ring (bicyclic) bond motifs is 1. The van der Waals surface area contributed by atoms with E-state index in [1.165, 1.54) is 23.1 Å². The zero-order chi connectivity index (χ0) is 21.0. The Morgan fingerprint density at radius 1 is 1.31 bits per heavy atom. The number of aryl methyl sites for hydroxylation is 1. The molecule has 10 heteroatoms. The third kappa shape index (κ3) is 6.05. The molecule has 3 aromatic rings. The molecule has 3 rings (SSSR count). The Labute approximate surface area is 183 Å². The number of nitrogens with zero attached hydrogens (tertiary/aromatic N) is 2. The summed E-state index contributed by atoms with van der Waals surface area (Å²) in [5, 5.41) is 1.45. The van der Waals surface area contributed by atoms with Gasteiger partial charge in [-0.1, -0.05) is 30.3 Å². The van der Waals surface area contributed by atoms with E-state index >= 15 is 0 Å². The number of carbonyl (C=O) groups excluding carboxylic acids is 1. The summed E-state index contributed by atoms with van der Waals surface area (Å²) in [5.41, 5.74) is 1.85. The molecule has 0 saturated heterocycles. The number of hydrogen-bond acceptors (Lipinski definition) is 6. The second-order valence-corrected chi connectivity index (χ2v) is 11.0. The third-order valence-electron chi connectivity index (χ3n) is 4.13. The smallest absolute Gasteiger partial charge is 0.208 e. The number of benzene rings is 1. The van der Waals surface area contributed by atoms with Crippen molar-refractivity contribution in [3.8, 4) is 0 Å². The number of thioether (sulfide) groups is 1.